The van der Waals surface area contributed by atoms with Gasteiger partial charge in [-0.25, -0.2) is 0 Å². The lowest BCUT2D eigenvalue weighted by molar-refractivity contribution is -0.143. The summed E-state index contributed by atoms with van der Waals surface area (Å²) in [6, 6.07) is 0. The molecule has 0 spiro atoms. The fraction of sp³-hybridized carbons (Fsp3) is 0.900. The van der Waals surface area contributed by atoms with Crippen molar-refractivity contribution in [2.75, 3.05) is 19.7 Å². The maximum Gasteiger partial charge on any atom is 0.305 e. The Morgan fingerprint density at radius 1 is 0.929 bits per heavy atom. The van der Waals surface area contributed by atoms with Gasteiger partial charge in [-0.2, -0.15) is 0 Å². The first kappa shape index (κ1) is 13.4. The SMILES string of the molecule is NCCCCCC(=O)OCCCCN. The minimum atomic E-state index is -0.0981. The van der Waals surface area contributed by atoms with Gasteiger partial charge in [-0.15, -0.1) is 0 Å². The van der Waals surface area contributed by atoms with Gasteiger partial charge in [0.1, 0.15) is 0 Å². The Bertz CT molecular complexity index is 126. The van der Waals surface area contributed by atoms with Crippen molar-refractivity contribution in [3.63, 3.8) is 0 Å². The predicted molar refractivity (Wildman–Crippen MR) is 56.8 cm³/mol. The summed E-state index contributed by atoms with van der Waals surface area (Å²) in [7, 11) is 0. The highest BCUT2D eigenvalue weighted by atomic mass is 16.5. The molecule has 4 N–H and O–H groups in total. The van der Waals surface area contributed by atoms with Gasteiger partial charge < -0.3 is 16.2 Å². The van der Waals surface area contributed by atoms with Crippen LogP contribution < -0.4 is 11.5 Å². The Hall–Kier alpha value is -0.610. The highest BCUT2D eigenvalue weighted by molar-refractivity contribution is 5.69. The minimum absolute atomic E-state index is 0.0981. The minimum Gasteiger partial charge on any atom is -0.466 e. The van der Waals surface area contributed by atoms with Crippen molar-refractivity contribution >= 4 is 5.97 Å². The average molecular weight is 202 g/mol. The van der Waals surface area contributed by atoms with Crippen molar-refractivity contribution in [1.29, 1.82) is 0 Å². The highest BCUT2D eigenvalue weighted by Crippen LogP contribution is 2.00. The Morgan fingerprint density at radius 2 is 1.57 bits per heavy atom. The molecule has 0 aliphatic rings. The van der Waals surface area contributed by atoms with Crippen molar-refractivity contribution in [2.24, 2.45) is 11.5 Å². The Labute approximate surface area is 86.0 Å². The molecule has 4 nitrogen and oxygen atoms in total. The van der Waals surface area contributed by atoms with E-state index in [2.05, 4.69) is 0 Å². The lowest BCUT2D eigenvalue weighted by Gasteiger charge is -2.03. The quantitative estimate of drug-likeness (QED) is 0.428. The van der Waals surface area contributed by atoms with Crippen LogP contribution in [0.15, 0.2) is 0 Å². The predicted octanol–water partition coefficient (Wildman–Crippen LogP) is 0.788. The second-order valence-electron chi connectivity index (χ2n) is 3.32. The van der Waals surface area contributed by atoms with Crippen molar-refractivity contribution in [3.8, 4) is 0 Å². The number of unbranched alkanes of at least 4 members (excludes halogenated alkanes) is 3. The zero-order valence-corrected chi connectivity index (χ0v) is 8.84. The molecule has 0 aliphatic heterocycles. The van der Waals surface area contributed by atoms with Crippen LogP contribution in [-0.4, -0.2) is 25.7 Å². The maximum absolute atomic E-state index is 11.1. The molecule has 0 aliphatic carbocycles. The van der Waals surface area contributed by atoms with Gasteiger partial charge in [0.15, 0.2) is 0 Å². The summed E-state index contributed by atoms with van der Waals surface area (Å²) < 4.78 is 5.00. The first-order chi connectivity index (χ1) is 6.81. The molecule has 0 rings (SSSR count). The molecule has 4 heteroatoms. The second-order valence-corrected chi connectivity index (χ2v) is 3.32. The van der Waals surface area contributed by atoms with Gasteiger partial charge in [-0.1, -0.05) is 6.42 Å². The molecule has 0 bridgehead atoms. The van der Waals surface area contributed by atoms with E-state index in [1.807, 2.05) is 0 Å². The molecule has 0 radical (unpaired) electrons. The first-order valence-corrected chi connectivity index (χ1v) is 5.37. The molecule has 0 aromatic heterocycles. The van der Waals surface area contributed by atoms with E-state index in [4.69, 9.17) is 16.2 Å². The monoisotopic (exact) mass is 202 g/mol. The summed E-state index contributed by atoms with van der Waals surface area (Å²) in [5, 5.41) is 0. The summed E-state index contributed by atoms with van der Waals surface area (Å²) in [5.41, 5.74) is 10.6. The lowest BCUT2D eigenvalue weighted by Crippen LogP contribution is -2.08. The van der Waals surface area contributed by atoms with Gasteiger partial charge in [0.2, 0.25) is 0 Å². The van der Waals surface area contributed by atoms with Crippen LogP contribution in [0.4, 0.5) is 0 Å². The number of carbonyl (C=O) groups is 1. The molecule has 0 fully saturated rings. The number of rotatable bonds is 9. The molecule has 0 amide bonds. The Morgan fingerprint density at radius 3 is 2.21 bits per heavy atom. The molecule has 0 saturated carbocycles. The number of nitrogens with two attached hydrogens (primary N) is 2. The van der Waals surface area contributed by atoms with Gasteiger partial charge >= 0.3 is 5.97 Å². The molecule has 0 unspecified atom stereocenters. The lowest BCUT2D eigenvalue weighted by atomic mass is 10.2. The van der Waals surface area contributed by atoms with Gasteiger partial charge in [-0.3, -0.25) is 4.79 Å². The van der Waals surface area contributed by atoms with Crippen LogP contribution in [0, 0.1) is 0 Å². The van der Waals surface area contributed by atoms with Gasteiger partial charge in [-0.05, 0) is 38.8 Å². The molecule has 84 valence electrons. The fourth-order valence-corrected chi connectivity index (χ4v) is 1.10. The largest absolute Gasteiger partial charge is 0.466 e. The molecule has 0 heterocycles. The van der Waals surface area contributed by atoms with Crippen LogP contribution in [0.3, 0.4) is 0 Å². The van der Waals surface area contributed by atoms with E-state index >= 15 is 0 Å². The van der Waals surface area contributed by atoms with E-state index < -0.39 is 0 Å². The molecular weight excluding hydrogens is 180 g/mol. The first-order valence-electron chi connectivity index (χ1n) is 5.37. The third-order valence-corrected chi connectivity index (χ3v) is 1.95. The summed E-state index contributed by atoms with van der Waals surface area (Å²) >= 11 is 0. The van der Waals surface area contributed by atoms with Crippen LogP contribution in [0.25, 0.3) is 0 Å². The normalized spacial score (nSPS) is 10.1. The molecule has 0 aromatic carbocycles. The summed E-state index contributed by atoms with van der Waals surface area (Å²) in [6.45, 7) is 1.87. The van der Waals surface area contributed by atoms with Crippen molar-refractivity contribution < 1.29 is 9.53 Å². The van der Waals surface area contributed by atoms with E-state index in [0.29, 0.717) is 26.1 Å². The Kier molecular flexibility index (Phi) is 10.0. The average Bonchev–Trinajstić information content (AvgIpc) is 2.19. The summed E-state index contributed by atoms with van der Waals surface area (Å²) in [4.78, 5) is 11.1. The number of ether oxygens (including phenoxy) is 1. The molecule has 0 aromatic rings. The second kappa shape index (κ2) is 10.5. The number of esters is 1. The maximum atomic E-state index is 11.1. The summed E-state index contributed by atoms with van der Waals surface area (Å²) in [6.07, 6.45) is 5.18. The van der Waals surface area contributed by atoms with Crippen LogP contribution in [-0.2, 0) is 9.53 Å². The van der Waals surface area contributed by atoms with Gasteiger partial charge in [0.05, 0.1) is 6.61 Å². The zero-order chi connectivity index (χ0) is 10.6. The highest BCUT2D eigenvalue weighted by Gasteiger charge is 2.01. The third kappa shape index (κ3) is 9.48. The van der Waals surface area contributed by atoms with Crippen LogP contribution >= 0.6 is 0 Å². The molecule has 0 atom stereocenters. The number of hydrogen-bond acceptors (Lipinski definition) is 4. The topological polar surface area (TPSA) is 78.3 Å². The van der Waals surface area contributed by atoms with Crippen molar-refractivity contribution in [1.82, 2.24) is 0 Å². The van der Waals surface area contributed by atoms with Crippen LogP contribution in [0.1, 0.15) is 38.5 Å². The van der Waals surface area contributed by atoms with Crippen molar-refractivity contribution in [2.45, 2.75) is 38.5 Å². The number of hydrogen-bond donors (Lipinski definition) is 2. The van der Waals surface area contributed by atoms with E-state index in [1.165, 1.54) is 0 Å². The Balaban J connectivity index is 3.11. The van der Waals surface area contributed by atoms with Gasteiger partial charge in [0.25, 0.3) is 0 Å². The zero-order valence-electron chi connectivity index (χ0n) is 8.84. The molecular formula is C10H22N2O2. The standard InChI is InChI=1S/C10H22N2O2/c11-7-3-1-2-6-10(13)14-9-5-4-8-12/h1-9,11-12H2. The van der Waals surface area contributed by atoms with Crippen LogP contribution in [0.2, 0.25) is 0 Å². The van der Waals surface area contributed by atoms with E-state index in [0.717, 1.165) is 32.1 Å². The third-order valence-electron chi connectivity index (χ3n) is 1.95. The number of carbonyl (C=O) groups excluding carboxylic acids is 1. The fourth-order valence-electron chi connectivity index (χ4n) is 1.10. The van der Waals surface area contributed by atoms with Crippen LogP contribution in [0.5, 0.6) is 0 Å². The van der Waals surface area contributed by atoms with E-state index in [1.54, 1.807) is 0 Å². The van der Waals surface area contributed by atoms with Crippen molar-refractivity contribution in [3.05, 3.63) is 0 Å². The molecule has 0 saturated heterocycles. The van der Waals surface area contributed by atoms with E-state index in [9.17, 15) is 4.79 Å². The molecule has 14 heavy (non-hydrogen) atoms. The van der Waals surface area contributed by atoms with E-state index in [-0.39, 0.29) is 5.97 Å². The summed E-state index contributed by atoms with van der Waals surface area (Å²) in [5.74, 6) is -0.0981. The van der Waals surface area contributed by atoms with Gasteiger partial charge in [0, 0.05) is 6.42 Å². The smallest absolute Gasteiger partial charge is 0.305 e.